The highest BCUT2D eigenvalue weighted by atomic mass is 19.4. The molecule has 0 spiro atoms. The Balaban J connectivity index is 2.07. The molecular formula is C14H16F4N2O2. The summed E-state index contributed by atoms with van der Waals surface area (Å²) in [4.78, 5) is 12.1. The van der Waals surface area contributed by atoms with Gasteiger partial charge in [-0.15, -0.1) is 0 Å². The van der Waals surface area contributed by atoms with Gasteiger partial charge in [0.05, 0.1) is 5.69 Å². The summed E-state index contributed by atoms with van der Waals surface area (Å²) >= 11 is 0. The Kier molecular flexibility index (Phi) is 4.90. The minimum atomic E-state index is -4.51. The molecule has 4 nitrogen and oxygen atoms in total. The maximum absolute atomic E-state index is 13.3. The molecule has 0 saturated carbocycles. The Hall–Kier alpha value is -1.83. The van der Waals surface area contributed by atoms with Gasteiger partial charge in [0.2, 0.25) is 5.91 Å². The molecule has 1 aromatic carbocycles. The molecule has 0 radical (unpaired) electrons. The third kappa shape index (κ3) is 4.33. The minimum absolute atomic E-state index is 0.103. The van der Waals surface area contributed by atoms with Crippen molar-refractivity contribution in [3.63, 3.8) is 0 Å². The summed E-state index contributed by atoms with van der Waals surface area (Å²) in [5.41, 5.74) is -0.103. The van der Waals surface area contributed by atoms with E-state index in [1.165, 1.54) is 0 Å². The van der Waals surface area contributed by atoms with Gasteiger partial charge in [0.25, 0.3) is 0 Å². The van der Waals surface area contributed by atoms with Gasteiger partial charge in [-0.25, -0.2) is 4.39 Å². The standard InChI is InChI=1S/C14H16F4N2O2/c1-8(9-5-19-6-9)13(21)20-11-4-10(15)2-3-12(11)22-7-14(16,17)18/h2-4,8-9,19H,5-7H2,1H3,(H,20,21). The molecule has 122 valence electrons. The van der Waals surface area contributed by atoms with E-state index in [1.807, 2.05) is 0 Å². The second-order valence-electron chi connectivity index (χ2n) is 5.24. The van der Waals surface area contributed by atoms with E-state index in [0.29, 0.717) is 13.1 Å². The fraction of sp³-hybridized carbons (Fsp3) is 0.500. The maximum Gasteiger partial charge on any atom is 0.422 e. The molecule has 0 aliphatic carbocycles. The van der Waals surface area contributed by atoms with Crippen LogP contribution in [0.3, 0.4) is 0 Å². The summed E-state index contributed by atoms with van der Waals surface area (Å²) in [5, 5.41) is 5.47. The van der Waals surface area contributed by atoms with Crippen molar-refractivity contribution in [3.8, 4) is 5.75 Å². The number of amides is 1. The molecule has 0 aromatic heterocycles. The van der Waals surface area contributed by atoms with Crippen molar-refractivity contribution in [2.45, 2.75) is 13.1 Å². The molecule has 2 rings (SSSR count). The van der Waals surface area contributed by atoms with Crippen LogP contribution in [0.1, 0.15) is 6.92 Å². The largest absolute Gasteiger partial charge is 0.482 e. The number of nitrogens with one attached hydrogen (secondary N) is 2. The summed E-state index contributed by atoms with van der Waals surface area (Å²) in [6.07, 6.45) is -4.51. The molecule has 1 aliphatic heterocycles. The van der Waals surface area contributed by atoms with Gasteiger partial charge in [0, 0.05) is 12.0 Å². The van der Waals surface area contributed by atoms with Crippen molar-refractivity contribution in [1.29, 1.82) is 0 Å². The lowest BCUT2D eigenvalue weighted by atomic mass is 9.88. The van der Waals surface area contributed by atoms with Crippen LogP contribution in [-0.4, -0.2) is 31.8 Å². The van der Waals surface area contributed by atoms with Crippen molar-refractivity contribution in [2.24, 2.45) is 11.8 Å². The number of hydrogen-bond donors (Lipinski definition) is 2. The van der Waals surface area contributed by atoms with Crippen molar-refractivity contribution >= 4 is 11.6 Å². The second kappa shape index (κ2) is 6.51. The Bertz CT molecular complexity index is 544. The topological polar surface area (TPSA) is 50.4 Å². The highest BCUT2D eigenvalue weighted by Gasteiger charge is 2.31. The number of hydrogen-bond acceptors (Lipinski definition) is 3. The van der Waals surface area contributed by atoms with Gasteiger partial charge in [-0.05, 0) is 31.1 Å². The fourth-order valence-electron chi connectivity index (χ4n) is 2.01. The zero-order chi connectivity index (χ0) is 16.3. The van der Waals surface area contributed by atoms with Crippen LogP contribution < -0.4 is 15.4 Å². The first-order chi connectivity index (χ1) is 10.3. The fourth-order valence-corrected chi connectivity index (χ4v) is 2.01. The molecule has 2 N–H and O–H groups in total. The van der Waals surface area contributed by atoms with Crippen LogP contribution in [0, 0.1) is 17.7 Å². The highest BCUT2D eigenvalue weighted by Crippen LogP contribution is 2.29. The van der Waals surface area contributed by atoms with Crippen LogP contribution in [0.15, 0.2) is 18.2 Å². The number of alkyl halides is 3. The highest BCUT2D eigenvalue weighted by molar-refractivity contribution is 5.94. The van der Waals surface area contributed by atoms with E-state index < -0.39 is 18.6 Å². The summed E-state index contributed by atoms with van der Waals surface area (Å²) in [6, 6.07) is 2.97. The van der Waals surface area contributed by atoms with Gasteiger partial charge in [0.15, 0.2) is 6.61 Å². The van der Waals surface area contributed by atoms with Crippen LogP contribution in [0.4, 0.5) is 23.2 Å². The molecule has 1 saturated heterocycles. The molecule has 1 aliphatic rings. The lowest BCUT2D eigenvalue weighted by molar-refractivity contribution is -0.153. The van der Waals surface area contributed by atoms with Gasteiger partial charge < -0.3 is 15.4 Å². The number of carbonyl (C=O) groups is 1. The first-order valence-corrected chi connectivity index (χ1v) is 6.77. The average Bonchev–Trinajstić information content (AvgIpc) is 2.34. The van der Waals surface area contributed by atoms with E-state index in [4.69, 9.17) is 0 Å². The normalized spacial score (nSPS) is 16.8. The Morgan fingerprint density at radius 1 is 1.45 bits per heavy atom. The first kappa shape index (κ1) is 16.5. The first-order valence-electron chi connectivity index (χ1n) is 6.77. The van der Waals surface area contributed by atoms with Gasteiger partial charge in [-0.1, -0.05) is 6.92 Å². The molecule has 1 aromatic rings. The molecule has 1 unspecified atom stereocenters. The number of rotatable bonds is 5. The molecule has 1 heterocycles. The van der Waals surface area contributed by atoms with E-state index in [1.54, 1.807) is 6.92 Å². The van der Waals surface area contributed by atoms with E-state index in [-0.39, 0.29) is 29.2 Å². The third-order valence-corrected chi connectivity index (χ3v) is 3.52. The number of carbonyl (C=O) groups excluding carboxylic acids is 1. The number of halogens is 4. The third-order valence-electron chi connectivity index (χ3n) is 3.52. The molecular weight excluding hydrogens is 304 g/mol. The van der Waals surface area contributed by atoms with E-state index >= 15 is 0 Å². The molecule has 22 heavy (non-hydrogen) atoms. The van der Waals surface area contributed by atoms with Gasteiger partial charge >= 0.3 is 6.18 Å². The summed E-state index contributed by atoms with van der Waals surface area (Å²) < 4.78 is 54.5. The Morgan fingerprint density at radius 3 is 2.68 bits per heavy atom. The predicted molar refractivity (Wildman–Crippen MR) is 72.1 cm³/mol. The van der Waals surface area contributed by atoms with Gasteiger partial charge in [-0.3, -0.25) is 4.79 Å². The van der Waals surface area contributed by atoms with Gasteiger partial charge in [-0.2, -0.15) is 13.2 Å². The second-order valence-corrected chi connectivity index (χ2v) is 5.24. The summed E-state index contributed by atoms with van der Waals surface area (Å²) in [6.45, 7) is 1.62. The number of anilines is 1. The van der Waals surface area contributed by atoms with E-state index in [0.717, 1.165) is 18.2 Å². The van der Waals surface area contributed by atoms with Crippen LogP contribution in [0.5, 0.6) is 5.75 Å². The minimum Gasteiger partial charge on any atom is -0.482 e. The maximum atomic E-state index is 13.3. The Morgan fingerprint density at radius 2 is 2.14 bits per heavy atom. The lowest BCUT2D eigenvalue weighted by Gasteiger charge is -2.31. The van der Waals surface area contributed by atoms with Crippen LogP contribution in [0.2, 0.25) is 0 Å². The smallest absolute Gasteiger partial charge is 0.422 e. The van der Waals surface area contributed by atoms with Crippen LogP contribution >= 0.6 is 0 Å². The summed E-state index contributed by atoms with van der Waals surface area (Å²) in [7, 11) is 0. The number of benzene rings is 1. The molecule has 8 heteroatoms. The van der Waals surface area contributed by atoms with Crippen LogP contribution in [-0.2, 0) is 4.79 Å². The molecule has 1 fully saturated rings. The number of ether oxygens (including phenoxy) is 1. The summed E-state index contributed by atoms with van der Waals surface area (Å²) in [5.74, 6) is -1.44. The predicted octanol–water partition coefficient (Wildman–Crippen LogP) is 2.56. The van der Waals surface area contributed by atoms with Crippen LogP contribution in [0.25, 0.3) is 0 Å². The molecule has 1 atom stereocenters. The SMILES string of the molecule is CC(C(=O)Nc1cc(F)ccc1OCC(F)(F)F)C1CNC1. The van der Waals surface area contributed by atoms with Crippen molar-refractivity contribution in [1.82, 2.24) is 5.32 Å². The molecule has 1 amide bonds. The zero-order valence-electron chi connectivity index (χ0n) is 11.8. The quantitative estimate of drug-likeness (QED) is 0.820. The zero-order valence-corrected chi connectivity index (χ0v) is 11.8. The molecule has 0 bridgehead atoms. The monoisotopic (exact) mass is 320 g/mol. The van der Waals surface area contributed by atoms with E-state index in [2.05, 4.69) is 15.4 Å². The van der Waals surface area contributed by atoms with Gasteiger partial charge in [0.1, 0.15) is 11.6 Å². The average molecular weight is 320 g/mol. The van der Waals surface area contributed by atoms with E-state index in [9.17, 15) is 22.4 Å². The lowest BCUT2D eigenvalue weighted by Crippen LogP contribution is -2.48. The van der Waals surface area contributed by atoms with Crippen molar-refractivity contribution in [2.75, 3.05) is 25.0 Å². The van der Waals surface area contributed by atoms with Crippen molar-refractivity contribution < 1.29 is 27.1 Å². The van der Waals surface area contributed by atoms with Crippen molar-refractivity contribution in [3.05, 3.63) is 24.0 Å². The Labute approximate surface area is 124 Å².